The van der Waals surface area contributed by atoms with Crippen LogP contribution in [0.2, 0.25) is 0 Å². The summed E-state index contributed by atoms with van der Waals surface area (Å²) in [6.07, 6.45) is -1.90. The van der Waals surface area contributed by atoms with E-state index in [1.807, 2.05) is 6.92 Å². The summed E-state index contributed by atoms with van der Waals surface area (Å²) in [6, 6.07) is 12.9. The Morgan fingerprint density at radius 3 is 2.13 bits per heavy atom. The van der Waals surface area contributed by atoms with Crippen molar-refractivity contribution in [2.75, 3.05) is 0 Å². The molecule has 0 fully saturated rings. The molecule has 122 valence electrons. The van der Waals surface area contributed by atoms with E-state index in [0.717, 1.165) is 5.56 Å². The van der Waals surface area contributed by atoms with Gasteiger partial charge in [0.1, 0.15) is 0 Å². The molecule has 0 unspecified atom stereocenters. The van der Waals surface area contributed by atoms with Crippen LogP contribution in [0.3, 0.4) is 0 Å². The van der Waals surface area contributed by atoms with Crippen LogP contribution in [0.5, 0.6) is 0 Å². The average Bonchev–Trinajstić information content (AvgIpc) is 2.53. The summed E-state index contributed by atoms with van der Waals surface area (Å²) in [5.74, 6) is -1.51. The summed E-state index contributed by atoms with van der Waals surface area (Å²) in [4.78, 5) is 11.1. The van der Waals surface area contributed by atoms with E-state index in [0.29, 0.717) is 5.56 Å². The third-order valence-electron chi connectivity index (χ3n) is 3.34. The highest BCUT2D eigenvalue weighted by Crippen LogP contribution is 2.21. The predicted molar refractivity (Wildman–Crippen MR) is 84.3 cm³/mol. The number of carbonyl (C=O) groups is 1. The molecule has 0 aliphatic heterocycles. The van der Waals surface area contributed by atoms with Crippen molar-refractivity contribution >= 4 is 16.0 Å². The quantitative estimate of drug-likeness (QED) is 0.741. The molecule has 3 N–H and O–H groups in total. The van der Waals surface area contributed by atoms with Crippen LogP contribution in [0.15, 0.2) is 59.5 Å². The minimum absolute atomic E-state index is 0.00150. The second-order valence-electron chi connectivity index (χ2n) is 5.11. The van der Waals surface area contributed by atoms with Gasteiger partial charge in [-0.2, -0.15) is 0 Å². The van der Waals surface area contributed by atoms with Gasteiger partial charge in [-0.15, -0.1) is 0 Å². The Kier molecular flexibility index (Phi) is 5.15. The van der Waals surface area contributed by atoms with Crippen molar-refractivity contribution in [2.45, 2.75) is 24.0 Å². The zero-order valence-corrected chi connectivity index (χ0v) is 13.2. The molecule has 0 aliphatic rings. The van der Waals surface area contributed by atoms with E-state index >= 15 is 0 Å². The molecule has 6 nitrogen and oxygen atoms in total. The maximum absolute atomic E-state index is 12.4. The number of nitrogens with one attached hydrogen (secondary N) is 1. The van der Waals surface area contributed by atoms with Crippen LogP contribution in [0.1, 0.15) is 17.2 Å². The summed E-state index contributed by atoms with van der Waals surface area (Å²) in [7, 11) is -3.98. The number of aryl methyl sites for hydroxylation is 1. The number of benzene rings is 2. The highest BCUT2D eigenvalue weighted by molar-refractivity contribution is 7.89. The van der Waals surface area contributed by atoms with Gasteiger partial charge in [-0.3, -0.25) is 0 Å². The van der Waals surface area contributed by atoms with Gasteiger partial charge in [0.15, 0.2) is 6.10 Å². The molecule has 0 heterocycles. The summed E-state index contributed by atoms with van der Waals surface area (Å²) in [6.45, 7) is 1.82. The first-order valence-corrected chi connectivity index (χ1v) is 8.34. The Morgan fingerprint density at radius 2 is 1.61 bits per heavy atom. The molecule has 2 aromatic rings. The van der Waals surface area contributed by atoms with Crippen molar-refractivity contribution in [1.82, 2.24) is 4.72 Å². The lowest BCUT2D eigenvalue weighted by Crippen LogP contribution is -2.40. The summed E-state index contributed by atoms with van der Waals surface area (Å²) >= 11 is 0. The molecule has 7 heteroatoms. The van der Waals surface area contributed by atoms with Crippen molar-refractivity contribution in [1.29, 1.82) is 0 Å². The SMILES string of the molecule is Cc1ccc(S(=O)(=O)N[C@H](c2ccccc2)[C@H](O)C(=O)O)cc1. The molecular formula is C16H17NO5S. The number of rotatable bonds is 6. The molecule has 0 saturated heterocycles. The van der Waals surface area contributed by atoms with Gasteiger partial charge in [-0.05, 0) is 24.6 Å². The smallest absolute Gasteiger partial charge is 0.334 e. The van der Waals surface area contributed by atoms with Crippen LogP contribution < -0.4 is 4.72 Å². The van der Waals surface area contributed by atoms with Gasteiger partial charge < -0.3 is 10.2 Å². The first kappa shape index (κ1) is 17.1. The van der Waals surface area contributed by atoms with E-state index in [1.165, 1.54) is 12.1 Å². The minimum atomic E-state index is -3.98. The van der Waals surface area contributed by atoms with E-state index in [2.05, 4.69) is 4.72 Å². The maximum atomic E-state index is 12.4. The number of hydrogen-bond donors (Lipinski definition) is 3. The van der Waals surface area contributed by atoms with Crippen LogP contribution in [-0.4, -0.2) is 30.7 Å². The molecule has 2 aromatic carbocycles. The first-order valence-electron chi connectivity index (χ1n) is 6.86. The van der Waals surface area contributed by atoms with E-state index in [4.69, 9.17) is 5.11 Å². The maximum Gasteiger partial charge on any atom is 0.334 e. The number of sulfonamides is 1. The molecule has 2 rings (SSSR count). The molecule has 23 heavy (non-hydrogen) atoms. The van der Waals surface area contributed by atoms with Gasteiger partial charge in [0.05, 0.1) is 10.9 Å². The van der Waals surface area contributed by atoms with Crippen molar-refractivity contribution in [3.8, 4) is 0 Å². The van der Waals surface area contributed by atoms with Gasteiger partial charge in [0, 0.05) is 0 Å². The van der Waals surface area contributed by atoms with Crippen LogP contribution in [0.25, 0.3) is 0 Å². The number of aliphatic hydroxyl groups is 1. The summed E-state index contributed by atoms with van der Waals surface area (Å²) < 4.78 is 27.1. The third kappa shape index (κ3) is 4.16. The highest BCUT2D eigenvalue weighted by atomic mass is 32.2. The predicted octanol–water partition coefficient (Wildman–Crippen LogP) is 1.46. The lowest BCUT2D eigenvalue weighted by Gasteiger charge is -2.22. The van der Waals surface area contributed by atoms with E-state index < -0.39 is 28.1 Å². The molecule has 0 spiro atoms. The topological polar surface area (TPSA) is 104 Å². The van der Waals surface area contributed by atoms with E-state index in [9.17, 15) is 18.3 Å². The van der Waals surface area contributed by atoms with Crippen LogP contribution in [0, 0.1) is 6.92 Å². The zero-order valence-electron chi connectivity index (χ0n) is 12.4. The molecule has 0 saturated carbocycles. The Bertz CT molecular complexity index is 772. The Hall–Kier alpha value is -2.22. The van der Waals surface area contributed by atoms with Gasteiger partial charge >= 0.3 is 5.97 Å². The van der Waals surface area contributed by atoms with Crippen LogP contribution in [0.4, 0.5) is 0 Å². The molecule has 0 bridgehead atoms. The summed E-state index contributed by atoms with van der Waals surface area (Å²) in [5, 5.41) is 18.9. The Morgan fingerprint density at radius 1 is 1.04 bits per heavy atom. The average molecular weight is 335 g/mol. The van der Waals surface area contributed by atoms with Gasteiger partial charge in [-0.25, -0.2) is 17.9 Å². The fraction of sp³-hybridized carbons (Fsp3) is 0.188. The lowest BCUT2D eigenvalue weighted by atomic mass is 10.0. The molecule has 0 aliphatic carbocycles. The number of hydrogen-bond acceptors (Lipinski definition) is 4. The van der Waals surface area contributed by atoms with Crippen molar-refractivity contribution in [3.05, 3.63) is 65.7 Å². The van der Waals surface area contributed by atoms with E-state index in [1.54, 1.807) is 42.5 Å². The normalized spacial score (nSPS) is 14.2. The van der Waals surface area contributed by atoms with Crippen molar-refractivity contribution in [3.63, 3.8) is 0 Å². The molecule has 2 atom stereocenters. The number of carboxylic acids is 1. The van der Waals surface area contributed by atoms with Crippen molar-refractivity contribution < 1.29 is 23.4 Å². The van der Waals surface area contributed by atoms with Crippen LogP contribution in [-0.2, 0) is 14.8 Å². The van der Waals surface area contributed by atoms with Gasteiger partial charge in [0.2, 0.25) is 10.0 Å². The Balaban J connectivity index is 2.37. The summed E-state index contributed by atoms with van der Waals surface area (Å²) in [5.41, 5.74) is 1.26. The second kappa shape index (κ2) is 6.91. The van der Waals surface area contributed by atoms with Crippen LogP contribution >= 0.6 is 0 Å². The van der Waals surface area contributed by atoms with E-state index in [-0.39, 0.29) is 4.90 Å². The standard InChI is InChI=1S/C16H17NO5S/c1-11-7-9-13(10-8-11)23(21,22)17-14(15(18)16(19)20)12-5-3-2-4-6-12/h2-10,14-15,17-18H,1H3,(H,19,20)/t14-,15+/m1/s1. The molecule has 0 aromatic heterocycles. The number of aliphatic carboxylic acids is 1. The molecular weight excluding hydrogens is 318 g/mol. The van der Waals surface area contributed by atoms with Gasteiger partial charge in [-0.1, -0.05) is 48.0 Å². The fourth-order valence-electron chi connectivity index (χ4n) is 2.07. The monoisotopic (exact) mass is 335 g/mol. The third-order valence-corrected chi connectivity index (χ3v) is 4.80. The highest BCUT2D eigenvalue weighted by Gasteiger charge is 2.31. The van der Waals surface area contributed by atoms with Crippen molar-refractivity contribution in [2.24, 2.45) is 0 Å². The molecule has 0 amide bonds. The zero-order chi connectivity index (χ0) is 17.0. The fourth-order valence-corrected chi connectivity index (χ4v) is 3.30. The largest absolute Gasteiger partial charge is 0.479 e. The first-order chi connectivity index (χ1) is 10.8. The number of aliphatic hydroxyl groups excluding tert-OH is 1. The van der Waals surface area contributed by atoms with Gasteiger partial charge in [0.25, 0.3) is 0 Å². The molecule has 0 radical (unpaired) electrons. The lowest BCUT2D eigenvalue weighted by molar-refractivity contribution is -0.148. The number of carboxylic acid groups (broad SMARTS) is 1. The second-order valence-corrected chi connectivity index (χ2v) is 6.82. The Labute approximate surface area is 134 Å². The minimum Gasteiger partial charge on any atom is -0.479 e.